The van der Waals surface area contributed by atoms with Crippen LogP contribution in [0, 0.1) is 6.92 Å². The number of hydrogen-bond donors (Lipinski definition) is 1. The van der Waals surface area contributed by atoms with E-state index in [1.807, 2.05) is 13.8 Å². The van der Waals surface area contributed by atoms with Gasteiger partial charge in [-0.2, -0.15) is 0 Å². The lowest BCUT2D eigenvalue weighted by atomic mass is 10.0. The quantitative estimate of drug-likeness (QED) is 0.910. The van der Waals surface area contributed by atoms with E-state index in [4.69, 9.17) is 4.74 Å². The molecule has 0 spiro atoms. The Balaban J connectivity index is 2.11. The van der Waals surface area contributed by atoms with Gasteiger partial charge < -0.3 is 4.74 Å². The summed E-state index contributed by atoms with van der Waals surface area (Å²) < 4.78 is 33.5. The number of aryl methyl sites for hydroxylation is 1. The fourth-order valence-corrected chi connectivity index (χ4v) is 3.58. The van der Waals surface area contributed by atoms with E-state index < -0.39 is 10.0 Å². The molecule has 0 aromatic heterocycles. The smallest absolute Gasteiger partial charge is 0.240 e. The summed E-state index contributed by atoms with van der Waals surface area (Å²) in [5.41, 5.74) is 0.517. The number of sulfonamides is 1. The zero-order valence-corrected chi connectivity index (χ0v) is 13.5. The number of ether oxygens (including phenoxy) is 1. The Bertz CT molecular complexity index is 565. The van der Waals surface area contributed by atoms with Crippen molar-refractivity contribution in [1.82, 2.24) is 4.72 Å². The predicted molar refractivity (Wildman–Crippen MR) is 77.7 cm³/mol. The van der Waals surface area contributed by atoms with Crippen molar-refractivity contribution in [2.24, 2.45) is 0 Å². The van der Waals surface area contributed by atoms with Crippen LogP contribution in [0.15, 0.2) is 27.6 Å². The van der Waals surface area contributed by atoms with E-state index in [1.165, 1.54) is 0 Å². The molecule has 0 radical (unpaired) electrons. The summed E-state index contributed by atoms with van der Waals surface area (Å²) in [5, 5.41) is 0. The van der Waals surface area contributed by atoms with E-state index in [1.54, 1.807) is 18.2 Å². The normalized spacial score (nSPS) is 23.7. The molecule has 0 aliphatic carbocycles. The molecule has 6 heteroatoms. The van der Waals surface area contributed by atoms with E-state index in [2.05, 4.69) is 20.7 Å². The lowest BCUT2D eigenvalue weighted by Crippen LogP contribution is -2.40. The van der Waals surface area contributed by atoms with Crippen LogP contribution in [0.5, 0.6) is 0 Å². The maximum Gasteiger partial charge on any atom is 0.240 e. The van der Waals surface area contributed by atoms with Crippen LogP contribution in [-0.2, 0) is 14.8 Å². The summed E-state index contributed by atoms with van der Waals surface area (Å²) in [4.78, 5) is 0.287. The van der Waals surface area contributed by atoms with E-state index in [-0.39, 0.29) is 10.5 Å². The topological polar surface area (TPSA) is 55.4 Å². The zero-order chi connectivity index (χ0) is 14.1. The van der Waals surface area contributed by atoms with Gasteiger partial charge in [0.15, 0.2) is 0 Å². The fraction of sp³-hybridized carbons (Fsp3) is 0.538. The monoisotopic (exact) mass is 347 g/mol. The van der Waals surface area contributed by atoms with Gasteiger partial charge in [0.1, 0.15) is 0 Å². The minimum Gasteiger partial charge on any atom is -0.374 e. The molecule has 2 rings (SSSR count). The molecule has 1 atom stereocenters. The van der Waals surface area contributed by atoms with Crippen molar-refractivity contribution < 1.29 is 13.2 Å². The maximum absolute atomic E-state index is 12.2. The van der Waals surface area contributed by atoms with Crippen LogP contribution in [0.2, 0.25) is 0 Å². The molecule has 19 heavy (non-hydrogen) atoms. The summed E-state index contributed by atoms with van der Waals surface area (Å²) >= 11 is 3.36. The summed E-state index contributed by atoms with van der Waals surface area (Å²) in [6, 6.07) is 5.00. The fourth-order valence-electron chi connectivity index (χ4n) is 2.09. The molecular formula is C13H18BrNO3S. The molecular weight excluding hydrogens is 330 g/mol. The van der Waals surface area contributed by atoms with Crippen LogP contribution in [0.4, 0.5) is 0 Å². The lowest BCUT2D eigenvalue weighted by Gasteiger charge is -2.23. The standard InChI is InChI=1S/C13H18BrNO3S/c1-10-8-11(4-5-12(10)14)19(16,17)15-9-13(2)6-3-7-18-13/h4-5,8,15H,3,6-7,9H2,1-2H3. The Hall–Kier alpha value is -0.430. The third-order valence-electron chi connectivity index (χ3n) is 3.38. The van der Waals surface area contributed by atoms with E-state index in [0.29, 0.717) is 13.2 Å². The highest BCUT2D eigenvalue weighted by molar-refractivity contribution is 9.10. The molecule has 1 saturated heterocycles. The average molecular weight is 348 g/mol. The molecule has 0 saturated carbocycles. The first-order valence-electron chi connectivity index (χ1n) is 6.22. The lowest BCUT2D eigenvalue weighted by molar-refractivity contribution is 0.0250. The Kier molecular flexibility index (Phi) is 4.35. The first-order chi connectivity index (χ1) is 8.82. The minimum atomic E-state index is -3.48. The van der Waals surface area contributed by atoms with Crippen LogP contribution >= 0.6 is 15.9 Å². The van der Waals surface area contributed by atoms with Crippen LogP contribution in [0.25, 0.3) is 0 Å². The summed E-state index contributed by atoms with van der Waals surface area (Å²) in [7, 11) is -3.48. The van der Waals surface area contributed by atoms with E-state index >= 15 is 0 Å². The molecule has 0 bridgehead atoms. The molecule has 4 nitrogen and oxygen atoms in total. The van der Waals surface area contributed by atoms with E-state index in [9.17, 15) is 8.42 Å². The van der Waals surface area contributed by atoms with Crippen molar-refractivity contribution in [2.75, 3.05) is 13.2 Å². The maximum atomic E-state index is 12.2. The predicted octanol–water partition coefficient (Wildman–Crippen LogP) is 2.60. The molecule has 1 unspecified atom stereocenters. The van der Waals surface area contributed by atoms with E-state index in [0.717, 1.165) is 22.9 Å². The molecule has 1 N–H and O–H groups in total. The van der Waals surface area contributed by atoms with Crippen LogP contribution in [-0.4, -0.2) is 27.2 Å². The summed E-state index contributed by atoms with van der Waals surface area (Å²) in [6.45, 7) is 4.82. The van der Waals surface area contributed by atoms with Crippen LogP contribution in [0.3, 0.4) is 0 Å². The highest BCUT2D eigenvalue weighted by Gasteiger charge is 2.31. The second-order valence-electron chi connectivity index (χ2n) is 5.14. The van der Waals surface area contributed by atoms with Crippen molar-refractivity contribution in [2.45, 2.75) is 37.2 Å². The Morgan fingerprint density at radius 1 is 1.47 bits per heavy atom. The summed E-state index contributed by atoms with van der Waals surface area (Å²) in [6.07, 6.45) is 1.87. The molecule has 106 valence electrons. The molecule has 1 fully saturated rings. The van der Waals surface area contributed by atoms with Crippen molar-refractivity contribution >= 4 is 26.0 Å². The van der Waals surface area contributed by atoms with Crippen molar-refractivity contribution in [3.05, 3.63) is 28.2 Å². The molecule has 1 aliphatic rings. The van der Waals surface area contributed by atoms with Crippen molar-refractivity contribution in [3.8, 4) is 0 Å². The first-order valence-corrected chi connectivity index (χ1v) is 8.50. The van der Waals surface area contributed by atoms with Gasteiger partial charge in [-0.25, -0.2) is 13.1 Å². The Morgan fingerprint density at radius 3 is 2.79 bits per heavy atom. The highest BCUT2D eigenvalue weighted by Crippen LogP contribution is 2.25. The number of halogens is 1. The first kappa shape index (κ1) is 15.0. The largest absolute Gasteiger partial charge is 0.374 e. The highest BCUT2D eigenvalue weighted by atomic mass is 79.9. The molecule has 1 aliphatic heterocycles. The van der Waals surface area contributed by atoms with Gasteiger partial charge in [0.25, 0.3) is 0 Å². The number of hydrogen-bond acceptors (Lipinski definition) is 3. The third-order valence-corrected chi connectivity index (χ3v) is 5.66. The molecule has 1 heterocycles. The molecule has 1 aromatic carbocycles. The number of benzene rings is 1. The third kappa shape index (κ3) is 3.56. The van der Waals surface area contributed by atoms with Gasteiger partial charge in [0.2, 0.25) is 10.0 Å². The van der Waals surface area contributed by atoms with Gasteiger partial charge in [-0.3, -0.25) is 0 Å². The van der Waals surface area contributed by atoms with Crippen LogP contribution in [0.1, 0.15) is 25.3 Å². The van der Waals surface area contributed by atoms with Gasteiger partial charge in [-0.1, -0.05) is 15.9 Å². The van der Waals surface area contributed by atoms with Gasteiger partial charge in [0.05, 0.1) is 10.5 Å². The zero-order valence-electron chi connectivity index (χ0n) is 11.1. The Morgan fingerprint density at radius 2 is 2.21 bits per heavy atom. The second kappa shape index (κ2) is 5.52. The minimum absolute atomic E-state index is 0.287. The van der Waals surface area contributed by atoms with Gasteiger partial charge >= 0.3 is 0 Å². The number of nitrogens with one attached hydrogen (secondary N) is 1. The number of rotatable bonds is 4. The van der Waals surface area contributed by atoms with Gasteiger partial charge in [-0.15, -0.1) is 0 Å². The molecule has 1 aromatic rings. The molecule has 0 amide bonds. The van der Waals surface area contributed by atoms with Gasteiger partial charge in [-0.05, 0) is 50.5 Å². The van der Waals surface area contributed by atoms with Gasteiger partial charge in [0, 0.05) is 17.6 Å². The Labute approximate surface area is 122 Å². The second-order valence-corrected chi connectivity index (χ2v) is 7.76. The van der Waals surface area contributed by atoms with Crippen LogP contribution < -0.4 is 4.72 Å². The SMILES string of the molecule is Cc1cc(S(=O)(=O)NCC2(C)CCCO2)ccc1Br. The van der Waals surface area contributed by atoms with Crippen molar-refractivity contribution in [3.63, 3.8) is 0 Å². The van der Waals surface area contributed by atoms with Crippen molar-refractivity contribution in [1.29, 1.82) is 0 Å². The summed E-state index contributed by atoms with van der Waals surface area (Å²) in [5.74, 6) is 0. The average Bonchev–Trinajstić information content (AvgIpc) is 2.78.